The minimum absolute atomic E-state index is 0.191. The molecule has 2 aromatic rings. The largest absolute Gasteiger partial charge is 0.351 e. The Morgan fingerprint density at radius 3 is 2.58 bits per heavy atom. The van der Waals surface area contributed by atoms with Crippen LogP contribution in [0.3, 0.4) is 0 Å². The topological polar surface area (TPSA) is 76.0 Å². The molecule has 2 heterocycles. The Balaban J connectivity index is 1.93. The predicted octanol–water partition coefficient (Wildman–Crippen LogP) is 3.23. The van der Waals surface area contributed by atoms with E-state index in [9.17, 15) is 9.59 Å². The van der Waals surface area contributed by atoms with Gasteiger partial charge in [-0.2, -0.15) is 0 Å². The lowest BCUT2D eigenvalue weighted by molar-refractivity contribution is 0.0947. The van der Waals surface area contributed by atoms with Gasteiger partial charge in [-0.05, 0) is 50.7 Å². The van der Waals surface area contributed by atoms with E-state index in [4.69, 9.17) is 0 Å². The number of hydrogen-bond donors (Lipinski definition) is 2. The Bertz CT molecular complexity index is 818. The van der Waals surface area contributed by atoms with Crippen molar-refractivity contribution in [1.29, 1.82) is 0 Å². The summed E-state index contributed by atoms with van der Waals surface area (Å²) in [6.45, 7) is 7.26. The van der Waals surface area contributed by atoms with E-state index >= 15 is 0 Å². The number of anilines is 1. The van der Waals surface area contributed by atoms with Gasteiger partial charge in [-0.25, -0.2) is 4.98 Å². The summed E-state index contributed by atoms with van der Waals surface area (Å²) in [5.74, 6) is -0.132. The molecule has 1 aliphatic heterocycles. The summed E-state index contributed by atoms with van der Waals surface area (Å²) in [6, 6.07) is 5.90. The molecule has 0 saturated heterocycles. The molecule has 1 aromatic carbocycles. The van der Waals surface area contributed by atoms with Gasteiger partial charge in [-0.15, -0.1) is 0 Å². The highest BCUT2D eigenvalue weighted by atomic mass is 16.2. The van der Waals surface area contributed by atoms with E-state index in [1.165, 1.54) is 0 Å². The van der Waals surface area contributed by atoms with Gasteiger partial charge >= 0.3 is 0 Å². The average molecular weight is 354 g/mol. The molecule has 0 saturated carbocycles. The van der Waals surface area contributed by atoms with Gasteiger partial charge in [0, 0.05) is 18.8 Å². The molecule has 0 atom stereocenters. The van der Waals surface area contributed by atoms with E-state index in [2.05, 4.69) is 15.6 Å². The lowest BCUT2D eigenvalue weighted by atomic mass is 10.1. The van der Waals surface area contributed by atoms with Crippen molar-refractivity contribution >= 4 is 17.5 Å². The van der Waals surface area contributed by atoms with Gasteiger partial charge in [0.1, 0.15) is 5.69 Å². The van der Waals surface area contributed by atoms with Crippen LogP contribution >= 0.6 is 0 Å². The molecule has 0 aliphatic carbocycles. The van der Waals surface area contributed by atoms with Crippen LogP contribution in [-0.4, -0.2) is 27.9 Å². The van der Waals surface area contributed by atoms with Crippen LogP contribution in [-0.2, 0) is 13.0 Å². The molecular weight excluding hydrogens is 328 g/mol. The highest BCUT2D eigenvalue weighted by Gasteiger charge is 2.27. The fourth-order valence-corrected chi connectivity index (χ4v) is 3.40. The first-order chi connectivity index (χ1) is 12.5. The SMILES string of the molecule is CCCNC(=O)c1nc(C(=O)Nc2c(C)cccc2C)n2c1CCCC2. The van der Waals surface area contributed by atoms with Crippen LogP contribution < -0.4 is 10.6 Å². The molecule has 0 fully saturated rings. The Morgan fingerprint density at radius 2 is 1.88 bits per heavy atom. The second-order valence-electron chi connectivity index (χ2n) is 6.82. The molecule has 0 unspecified atom stereocenters. The number of hydrogen-bond acceptors (Lipinski definition) is 3. The van der Waals surface area contributed by atoms with Crippen molar-refractivity contribution in [3.8, 4) is 0 Å². The molecule has 3 rings (SSSR count). The van der Waals surface area contributed by atoms with Crippen molar-refractivity contribution in [2.45, 2.75) is 53.0 Å². The van der Waals surface area contributed by atoms with Gasteiger partial charge in [0.2, 0.25) is 0 Å². The summed E-state index contributed by atoms with van der Waals surface area (Å²) in [5.41, 5.74) is 4.08. The molecule has 26 heavy (non-hydrogen) atoms. The minimum Gasteiger partial charge on any atom is -0.351 e. The first-order valence-electron chi connectivity index (χ1n) is 9.28. The monoisotopic (exact) mass is 354 g/mol. The Kier molecular flexibility index (Phi) is 5.40. The van der Waals surface area contributed by atoms with Crippen LogP contribution in [0.25, 0.3) is 0 Å². The maximum atomic E-state index is 12.9. The van der Waals surface area contributed by atoms with E-state index < -0.39 is 0 Å². The number of imidazole rings is 1. The van der Waals surface area contributed by atoms with E-state index in [1.54, 1.807) is 0 Å². The van der Waals surface area contributed by atoms with Crippen LogP contribution in [0.2, 0.25) is 0 Å². The van der Waals surface area contributed by atoms with E-state index in [0.717, 1.165) is 54.7 Å². The smallest absolute Gasteiger partial charge is 0.291 e. The van der Waals surface area contributed by atoms with Gasteiger partial charge in [0.25, 0.3) is 11.8 Å². The normalized spacial score (nSPS) is 13.2. The van der Waals surface area contributed by atoms with Crippen molar-refractivity contribution in [2.75, 3.05) is 11.9 Å². The number of carbonyl (C=O) groups is 2. The quantitative estimate of drug-likeness (QED) is 0.865. The molecule has 1 aliphatic rings. The van der Waals surface area contributed by atoms with Gasteiger partial charge in [0.05, 0.1) is 5.69 Å². The predicted molar refractivity (Wildman–Crippen MR) is 102 cm³/mol. The molecule has 2 N–H and O–H groups in total. The van der Waals surface area contributed by atoms with Gasteiger partial charge in [-0.1, -0.05) is 25.1 Å². The number of para-hydroxylation sites is 1. The van der Waals surface area contributed by atoms with Gasteiger partial charge in [0.15, 0.2) is 5.82 Å². The Labute approximate surface area is 154 Å². The molecule has 138 valence electrons. The second-order valence-corrected chi connectivity index (χ2v) is 6.82. The first kappa shape index (κ1) is 18.2. The van der Waals surface area contributed by atoms with Crippen LogP contribution in [0.15, 0.2) is 18.2 Å². The molecule has 6 heteroatoms. The third kappa shape index (κ3) is 3.49. The maximum Gasteiger partial charge on any atom is 0.291 e. The standard InChI is InChI=1S/C20H26N4O2/c1-4-11-21-19(25)17-15-10-5-6-12-24(15)18(22-17)20(26)23-16-13(2)8-7-9-14(16)3/h7-9H,4-6,10-12H2,1-3H3,(H,21,25)(H,23,26). The number of benzene rings is 1. The number of amides is 2. The van der Waals surface area contributed by atoms with Gasteiger partial charge in [-0.3, -0.25) is 9.59 Å². The van der Waals surface area contributed by atoms with Crippen molar-refractivity contribution in [3.63, 3.8) is 0 Å². The van der Waals surface area contributed by atoms with E-state index in [0.29, 0.717) is 18.1 Å². The summed E-state index contributed by atoms with van der Waals surface area (Å²) in [4.78, 5) is 29.8. The summed E-state index contributed by atoms with van der Waals surface area (Å²) in [5, 5.41) is 5.86. The molecule has 6 nitrogen and oxygen atoms in total. The molecule has 2 amide bonds. The van der Waals surface area contributed by atoms with Crippen LogP contribution in [0.5, 0.6) is 0 Å². The zero-order valence-corrected chi connectivity index (χ0v) is 15.7. The van der Waals surface area contributed by atoms with Crippen LogP contribution in [0.1, 0.15) is 64.1 Å². The first-order valence-corrected chi connectivity index (χ1v) is 9.28. The second kappa shape index (κ2) is 7.72. The number of aryl methyl sites for hydroxylation is 2. The third-order valence-electron chi connectivity index (χ3n) is 4.79. The van der Waals surface area contributed by atoms with E-state index in [1.807, 2.05) is 43.5 Å². The van der Waals surface area contributed by atoms with Crippen molar-refractivity contribution < 1.29 is 9.59 Å². The number of fused-ring (bicyclic) bond motifs is 1. The zero-order valence-electron chi connectivity index (χ0n) is 15.7. The molecule has 0 bridgehead atoms. The van der Waals surface area contributed by atoms with Crippen molar-refractivity contribution in [1.82, 2.24) is 14.9 Å². The lowest BCUT2D eigenvalue weighted by Crippen LogP contribution is -2.26. The third-order valence-corrected chi connectivity index (χ3v) is 4.79. The van der Waals surface area contributed by atoms with Crippen LogP contribution in [0, 0.1) is 13.8 Å². The van der Waals surface area contributed by atoms with Crippen molar-refractivity contribution in [3.05, 3.63) is 46.5 Å². The molecule has 0 radical (unpaired) electrons. The number of nitrogens with one attached hydrogen (secondary N) is 2. The van der Waals surface area contributed by atoms with Gasteiger partial charge < -0.3 is 15.2 Å². The number of aromatic nitrogens is 2. The molecule has 0 spiro atoms. The highest BCUT2D eigenvalue weighted by molar-refractivity contribution is 6.04. The van der Waals surface area contributed by atoms with E-state index in [-0.39, 0.29) is 11.8 Å². The summed E-state index contributed by atoms with van der Waals surface area (Å²) >= 11 is 0. The maximum absolute atomic E-state index is 12.9. The molecule has 1 aromatic heterocycles. The number of rotatable bonds is 5. The summed E-state index contributed by atoms with van der Waals surface area (Å²) in [7, 11) is 0. The highest BCUT2D eigenvalue weighted by Crippen LogP contribution is 2.24. The Hall–Kier alpha value is -2.63. The van der Waals surface area contributed by atoms with Crippen molar-refractivity contribution in [2.24, 2.45) is 0 Å². The average Bonchev–Trinajstić information content (AvgIpc) is 3.02. The summed E-state index contributed by atoms with van der Waals surface area (Å²) < 4.78 is 1.91. The Morgan fingerprint density at radius 1 is 1.15 bits per heavy atom. The minimum atomic E-state index is -0.264. The van der Waals surface area contributed by atoms with Crippen LogP contribution in [0.4, 0.5) is 5.69 Å². The molecular formula is C20H26N4O2. The number of nitrogens with zero attached hydrogens (tertiary/aromatic N) is 2. The fraction of sp³-hybridized carbons (Fsp3) is 0.450. The number of carbonyl (C=O) groups excluding carboxylic acids is 2. The summed E-state index contributed by atoms with van der Waals surface area (Å²) in [6.07, 6.45) is 3.64. The lowest BCUT2D eigenvalue weighted by Gasteiger charge is -2.17. The fourth-order valence-electron chi connectivity index (χ4n) is 3.40. The zero-order chi connectivity index (χ0) is 18.7.